The van der Waals surface area contributed by atoms with Crippen LogP contribution in [-0.2, 0) is 0 Å². The van der Waals surface area contributed by atoms with Crippen LogP contribution < -0.4 is 0 Å². The second-order valence-electron chi connectivity index (χ2n) is 3.46. The molecule has 0 radical (unpaired) electrons. The molecule has 6 heteroatoms. The van der Waals surface area contributed by atoms with Crippen molar-refractivity contribution in [1.29, 1.82) is 0 Å². The fraction of sp³-hybridized carbons (Fsp3) is 0.364. The van der Waals surface area contributed by atoms with Crippen molar-refractivity contribution in [3.05, 3.63) is 32.8 Å². The molecule has 1 atom stereocenters. The molecule has 1 rings (SSSR count). The predicted octanol–water partition coefficient (Wildman–Crippen LogP) is 5.04. The van der Waals surface area contributed by atoms with Crippen LogP contribution in [0.2, 0.25) is 20.2 Å². The molecule has 1 nitrogen and oxygen atoms in total. The van der Waals surface area contributed by atoms with Gasteiger partial charge in [-0.2, -0.15) is 0 Å². The molecular formula is C11H13Cl3LiOP. The van der Waals surface area contributed by atoms with Crippen LogP contribution in [0.25, 0.3) is 0 Å². The number of carbonyl (C=O) groups excluding carboxylic acids is 1. The summed E-state index contributed by atoms with van der Waals surface area (Å²) in [5.74, 6) is 0. The van der Waals surface area contributed by atoms with Gasteiger partial charge in [-0.15, -0.1) is 0 Å². The molecule has 0 aliphatic rings. The summed E-state index contributed by atoms with van der Waals surface area (Å²) in [6.45, 7) is 2.21. The first-order valence-electron chi connectivity index (χ1n) is 5.38. The zero-order valence-corrected chi connectivity index (χ0v) is 13.3. The summed E-state index contributed by atoms with van der Waals surface area (Å²) < 4.78 is 0. The molecule has 0 aliphatic carbocycles. The van der Waals surface area contributed by atoms with E-state index >= 15 is 0 Å². The average Bonchev–Trinajstić information content (AvgIpc) is 2.17. The molecule has 0 heterocycles. The monoisotopic (exact) mass is 304 g/mol. The standard InChI is InChI=1S/C7H4Cl3OP.C4H9.Li/c8-3-1-4(9)6(7(11)12)5(10)2-3;1-3-4-2;/h1-2H,12H2;1,3-4H2,2H3;. The molecule has 17 heavy (non-hydrogen) atoms. The van der Waals surface area contributed by atoms with Crippen molar-refractivity contribution in [2.24, 2.45) is 0 Å². The molecule has 0 spiro atoms. The molecule has 1 aromatic carbocycles. The molecule has 0 saturated carbocycles. The van der Waals surface area contributed by atoms with Gasteiger partial charge in [-0.25, -0.2) is 0 Å². The summed E-state index contributed by atoms with van der Waals surface area (Å²) in [5, 5.41) is 2.30. The maximum absolute atomic E-state index is 10.9. The number of unbranched alkanes of at least 4 members (excludes halogenated alkanes) is 1. The van der Waals surface area contributed by atoms with E-state index in [9.17, 15) is 4.79 Å². The van der Waals surface area contributed by atoms with Gasteiger partial charge >= 0.3 is 42.6 Å². The van der Waals surface area contributed by atoms with E-state index < -0.39 is 0 Å². The molecular weight excluding hydrogens is 292 g/mol. The van der Waals surface area contributed by atoms with E-state index in [0.717, 1.165) is 0 Å². The van der Waals surface area contributed by atoms with Gasteiger partial charge in [0, 0.05) is 5.02 Å². The quantitative estimate of drug-likeness (QED) is 0.565. The normalized spacial score (nSPS) is 9.59. The zero-order chi connectivity index (χ0) is 13.4. The van der Waals surface area contributed by atoms with Gasteiger partial charge < -0.3 is 0 Å². The second-order valence-corrected chi connectivity index (χ2v) is 5.24. The van der Waals surface area contributed by atoms with Gasteiger partial charge in [0.2, 0.25) is 0 Å². The Kier molecular flexibility index (Phi) is 10.1. The minimum absolute atomic E-state index is 0.248. The molecule has 0 aromatic heterocycles. The third-order valence-corrected chi connectivity index (χ3v) is 3.06. The molecule has 1 aromatic rings. The molecule has 0 aliphatic heterocycles. The number of hydrogen-bond donors (Lipinski definition) is 0. The summed E-state index contributed by atoms with van der Waals surface area (Å²) in [7, 11) is 2.01. The van der Waals surface area contributed by atoms with Gasteiger partial charge in [-0.3, -0.25) is 4.79 Å². The topological polar surface area (TPSA) is 17.1 Å². The molecule has 90 valence electrons. The van der Waals surface area contributed by atoms with Crippen LogP contribution in [-0.4, -0.2) is 23.2 Å². The predicted molar refractivity (Wildman–Crippen MR) is 81.0 cm³/mol. The second kappa shape index (κ2) is 9.68. The van der Waals surface area contributed by atoms with Crippen molar-refractivity contribution in [3.8, 4) is 0 Å². The van der Waals surface area contributed by atoms with Crippen molar-refractivity contribution in [1.82, 2.24) is 0 Å². The van der Waals surface area contributed by atoms with E-state index in [0.29, 0.717) is 5.02 Å². The molecule has 0 N–H and O–H groups in total. The average molecular weight is 305 g/mol. The Morgan fingerprint density at radius 3 is 2.00 bits per heavy atom. The van der Waals surface area contributed by atoms with Gasteiger partial charge in [0.1, 0.15) is 0 Å². The van der Waals surface area contributed by atoms with Crippen molar-refractivity contribution in [2.75, 3.05) is 0 Å². The first-order valence-corrected chi connectivity index (χ1v) is 7.09. The van der Waals surface area contributed by atoms with Crippen molar-refractivity contribution in [2.45, 2.75) is 24.9 Å². The summed E-state index contributed by atoms with van der Waals surface area (Å²) in [6, 6.07) is 2.96. The van der Waals surface area contributed by atoms with Gasteiger partial charge in [-0.05, 0) is 12.1 Å². The molecule has 0 bridgehead atoms. The van der Waals surface area contributed by atoms with E-state index in [1.807, 2.05) is 9.24 Å². The van der Waals surface area contributed by atoms with Crippen molar-refractivity contribution in [3.63, 3.8) is 0 Å². The fourth-order valence-electron chi connectivity index (χ4n) is 1.13. The van der Waals surface area contributed by atoms with Crippen LogP contribution in [0.3, 0.4) is 0 Å². The molecule has 0 amide bonds. The number of rotatable bonds is 3. The Bertz CT molecular complexity index is 360. The van der Waals surface area contributed by atoms with Crippen LogP contribution in [0.5, 0.6) is 0 Å². The Balaban J connectivity index is 0.000000437. The SMILES string of the molecule is O=C(P)c1c(Cl)cc(Cl)cc1Cl.[Li][CH2]CCC. The Morgan fingerprint density at radius 1 is 1.29 bits per heavy atom. The minimum atomic E-state index is -0.248. The van der Waals surface area contributed by atoms with Gasteiger partial charge in [0.25, 0.3) is 0 Å². The molecule has 0 saturated heterocycles. The Hall–Kier alpha value is 0.787. The van der Waals surface area contributed by atoms with E-state index in [4.69, 9.17) is 34.8 Å². The summed E-state index contributed by atoms with van der Waals surface area (Å²) >= 11 is 19.3. The van der Waals surface area contributed by atoms with Crippen LogP contribution >= 0.6 is 44.0 Å². The van der Waals surface area contributed by atoms with Gasteiger partial charge in [0.05, 0.1) is 15.6 Å². The third kappa shape index (κ3) is 7.07. The summed E-state index contributed by atoms with van der Waals surface area (Å²) in [5.41, 5.74) is 0.0365. The number of halogens is 3. The van der Waals surface area contributed by atoms with Crippen LogP contribution in [0.4, 0.5) is 0 Å². The number of carbonyl (C=O) groups is 1. The molecule has 1 unspecified atom stereocenters. The van der Waals surface area contributed by atoms with E-state index in [2.05, 4.69) is 24.6 Å². The van der Waals surface area contributed by atoms with E-state index in [1.54, 1.807) is 0 Å². The van der Waals surface area contributed by atoms with Gasteiger partial charge in [-0.1, -0.05) is 44.0 Å². The summed E-state index contributed by atoms with van der Waals surface area (Å²) in [6.07, 6.45) is 2.73. The summed E-state index contributed by atoms with van der Waals surface area (Å²) in [4.78, 5) is 10.9. The van der Waals surface area contributed by atoms with Crippen LogP contribution in [0, 0.1) is 0 Å². The maximum atomic E-state index is 10.9. The Labute approximate surface area is 129 Å². The first-order chi connectivity index (χ1) is 7.93. The van der Waals surface area contributed by atoms with Crippen molar-refractivity contribution >= 4 is 67.3 Å². The van der Waals surface area contributed by atoms with E-state index in [1.165, 1.54) is 30.1 Å². The van der Waals surface area contributed by atoms with Crippen LogP contribution in [0.15, 0.2) is 12.1 Å². The Morgan fingerprint density at radius 2 is 1.76 bits per heavy atom. The number of hydrogen-bond acceptors (Lipinski definition) is 1. The third-order valence-electron chi connectivity index (χ3n) is 1.96. The fourth-order valence-corrected chi connectivity index (χ4v) is 2.63. The number of benzene rings is 1. The first kappa shape index (κ1) is 17.8. The van der Waals surface area contributed by atoms with Crippen molar-refractivity contribution < 1.29 is 4.79 Å². The zero-order valence-electron chi connectivity index (χ0n) is 9.90. The molecule has 0 fully saturated rings. The van der Waals surface area contributed by atoms with Gasteiger partial charge in [0.15, 0.2) is 5.52 Å². The van der Waals surface area contributed by atoms with E-state index in [-0.39, 0.29) is 21.1 Å². The van der Waals surface area contributed by atoms with Crippen LogP contribution in [0.1, 0.15) is 30.1 Å².